The molecule has 0 radical (unpaired) electrons. The standard InChI is InChI=1S/C25H31ClN4O9S/c1-6-29-20(12-36-18-9-7-17(26)8-10-18)28-30(25(29)40)24-21(27-13(2)31)23(38-16(5)34)22(37-15(4)33)19(39-24)11-35-14(3)32/h7-10,19,21-24H,6,11-12H2,1-5H3,(H,27,31)/t19-,21-,22-,23-,24-/m1/s1. The second kappa shape index (κ2) is 13.7. The van der Waals surface area contributed by atoms with Crippen LogP contribution in [0.15, 0.2) is 24.3 Å². The first-order valence-electron chi connectivity index (χ1n) is 12.4. The highest BCUT2D eigenvalue weighted by Gasteiger charge is 2.52. The number of esters is 3. The van der Waals surface area contributed by atoms with Crippen molar-refractivity contribution in [3.63, 3.8) is 0 Å². The fourth-order valence-electron chi connectivity index (χ4n) is 4.24. The van der Waals surface area contributed by atoms with E-state index in [9.17, 15) is 19.2 Å². The number of ether oxygens (including phenoxy) is 5. The number of rotatable bonds is 10. The average molecular weight is 599 g/mol. The number of hydrogen-bond acceptors (Lipinski definition) is 11. The van der Waals surface area contributed by atoms with Crippen LogP contribution in [0.5, 0.6) is 5.75 Å². The Morgan fingerprint density at radius 3 is 2.20 bits per heavy atom. The Morgan fingerprint density at radius 1 is 1.02 bits per heavy atom. The molecule has 1 aromatic heterocycles. The van der Waals surface area contributed by atoms with Crippen LogP contribution < -0.4 is 10.1 Å². The van der Waals surface area contributed by atoms with Crippen LogP contribution in [-0.2, 0) is 51.3 Å². The molecule has 0 bridgehead atoms. The second-order valence-corrected chi connectivity index (χ2v) is 9.67. The van der Waals surface area contributed by atoms with E-state index in [2.05, 4.69) is 10.4 Å². The van der Waals surface area contributed by atoms with Gasteiger partial charge >= 0.3 is 17.9 Å². The number of aromatic nitrogens is 3. The zero-order chi connectivity index (χ0) is 29.6. The minimum absolute atomic E-state index is 0.0317. The van der Waals surface area contributed by atoms with E-state index in [4.69, 9.17) is 47.5 Å². The van der Waals surface area contributed by atoms with Crippen LogP contribution in [0.2, 0.25) is 5.02 Å². The summed E-state index contributed by atoms with van der Waals surface area (Å²) in [5.41, 5.74) is 0. The Labute approximate surface area is 240 Å². The first-order valence-corrected chi connectivity index (χ1v) is 13.2. The molecule has 1 saturated heterocycles. The van der Waals surface area contributed by atoms with Crippen molar-refractivity contribution in [1.82, 2.24) is 19.7 Å². The highest BCUT2D eigenvalue weighted by Crippen LogP contribution is 2.33. The van der Waals surface area contributed by atoms with Crippen LogP contribution in [0.3, 0.4) is 0 Å². The maximum atomic E-state index is 12.3. The highest BCUT2D eigenvalue weighted by atomic mass is 35.5. The van der Waals surface area contributed by atoms with Crippen molar-refractivity contribution in [3.05, 3.63) is 39.9 Å². The summed E-state index contributed by atoms with van der Waals surface area (Å²) in [6.07, 6.45) is -4.74. The van der Waals surface area contributed by atoms with E-state index in [-0.39, 0.29) is 18.0 Å². The van der Waals surface area contributed by atoms with E-state index in [1.54, 1.807) is 28.8 Å². The largest absolute Gasteiger partial charge is 0.486 e. The summed E-state index contributed by atoms with van der Waals surface area (Å²) in [5, 5.41) is 7.89. The zero-order valence-corrected chi connectivity index (χ0v) is 24.2. The number of halogens is 1. The molecule has 1 N–H and O–H groups in total. The van der Waals surface area contributed by atoms with Crippen LogP contribution >= 0.6 is 23.8 Å². The number of nitrogens with one attached hydrogen (secondary N) is 1. The minimum Gasteiger partial charge on any atom is -0.486 e. The number of hydrogen-bond donors (Lipinski definition) is 1. The predicted molar refractivity (Wildman–Crippen MR) is 142 cm³/mol. The van der Waals surface area contributed by atoms with E-state index >= 15 is 0 Å². The van der Waals surface area contributed by atoms with Crippen LogP contribution in [-0.4, -0.2) is 69.1 Å². The van der Waals surface area contributed by atoms with Gasteiger partial charge in [-0.05, 0) is 43.4 Å². The molecule has 40 heavy (non-hydrogen) atoms. The molecule has 0 saturated carbocycles. The van der Waals surface area contributed by atoms with Crippen molar-refractivity contribution in [2.75, 3.05) is 6.61 Å². The molecule has 13 nitrogen and oxygen atoms in total. The molecule has 0 spiro atoms. The lowest BCUT2D eigenvalue weighted by Crippen LogP contribution is -2.64. The maximum absolute atomic E-state index is 12.3. The van der Waals surface area contributed by atoms with Gasteiger partial charge in [-0.25, -0.2) is 4.68 Å². The zero-order valence-electron chi connectivity index (χ0n) is 22.6. The third kappa shape index (κ3) is 7.79. The van der Waals surface area contributed by atoms with Crippen molar-refractivity contribution in [3.8, 4) is 5.75 Å². The Morgan fingerprint density at radius 2 is 1.65 bits per heavy atom. The maximum Gasteiger partial charge on any atom is 0.303 e. The van der Waals surface area contributed by atoms with Crippen molar-refractivity contribution < 1.29 is 42.9 Å². The summed E-state index contributed by atoms with van der Waals surface area (Å²) in [4.78, 5) is 48.0. The van der Waals surface area contributed by atoms with Gasteiger partial charge in [-0.3, -0.25) is 19.2 Å². The van der Waals surface area contributed by atoms with Crippen molar-refractivity contribution in [2.24, 2.45) is 0 Å². The van der Waals surface area contributed by atoms with Gasteiger partial charge in [-0.1, -0.05) is 11.6 Å². The summed E-state index contributed by atoms with van der Waals surface area (Å²) < 4.78 is 31.5. The number of nitrogens with zero attached hydrogens (tertiary/aromatic N) is 3. The molecule has 1 aromatic carbocycles. The first kappa shape index (κ1) is 31.0. The normalized spacial score (nSPS) is 22.2. The molecule has 2 heterocycles. The van der Waals surface area contributed by atoms with E-state index in [0.717, 1.165) is 0 Å². The summed E-state index contributed by atoms with van der Waals surface area (Å²) in [5.74, 6) is -1.50. The summed E-state index contributed by atoms with van der Waals surface area (Å²) >= 11 is 11.6. The van der Waals surface area contributed by atoms with Gasteiger partial charge in [0, 0.05) is 39.3 Å². The topological polar surface area (TPSA) is 149 Å². The molecule has 15 heteroatoms. The molecule has 5 atom stereocenters. The fraction of sp³-hybridized carbons (Fsp3) is 0.520. The van der Waals surface area contributed by atoms with Crippen LogP contribution in [0.4, 0.5) is 0 Å². The average Bonchev–Trinajstić information content (AvgIpc) is 3.19. The van der Waals surface area contributed by atoms with E-state index in [1.807, 2.05) is 6.92 Å². The van der Waals surface area contributed by atoms with Crippen molar-refractivity contribution in [2.45, 2.75) is 78.4 Å². The molecule has 1 amide bonds. The van der Waals surface area contributed by atoms with Gasteiger partial charge in [0.1, 0.15) is 31.1 Å². The lowest BCUT2D eigenvalue weighted by atomic mass is 9.95. The smallest absolute Gasteiger partial charge is 0.303 e. The Kier molecular flexibility index (Phi) is 10.7. The molecule has 1 fully saturated rings. The molecular formula is C25H31ClN4O9S. The molecule has 3 rings (SSSR count). The number of carbonyl (C=O) groups excluding carboxylic acids is 4. The summed E-state index contributed by atoms with van der Waals surface area (Å²) in [6, 6.07) is 5.69. The quantitative estimate of drug-likeness (QED) is 0.244. The van der Waals surface area contributed by atoms with Crippen LogP contribution in [0.1, 0.15) is 46.7 Å². The third-order valence-electron chi connectivity index (χ3n) is 5.79. The highest BCUT2D eigenvalue weighted by molar-refractivity contribution is 7.71. The van der Waals surface area contributed by atoms with Crippen LogP contribution in [0.25, 0.3) is 0 Å². The van der Waals surface area contributed by atoms with E-state index < -0.39 is 54.4 Å². The lowest BCUT2D eigenvalue weighted by molar-refractivity contribution is -0.239. The Bertz CT molecular complexity index is 1300. The van der Waals surface area contributed by atoms with Crippen molar-refractivity contribution in [1.29, 1.82) is 0 Å². The van der Waals surface area contributed by atoms with Gasteiger partial charge < -0.3 is 33.6 Å². The second-order valence-electron chi connectivity index (χ2n) is 8.87. The van der Waals surface area contributed by atoms with Crippen molar-refractivity contribution >= 4 is 47.6 Å². The van der Waals surface area contributed by atoms with Gasteiger partial charge in [-0.15, -0.1) is 0 Å². The Balaban J connectivity index is 2.06. The molecule has 1 aliphatic rings. The van der Waals surface area contributed by atoms with E-state index in [0.29, 0.717) is 23.1 Å². The van der Waals surface area contributed by atoms with Gasteiger partial charge in [0.05, 0.1) is 0 Å². The molecule has 0 aliphatic carbocycles. The SMILES string of the molecule is CCn1c(COc2ccc(Cl)cc2)nn([C@@H]2O[C@H](COC(C)=O)[C@@H](OC(C)=O)[C@H](OC(C)=O)[C@H]2NC(C)=O)c1=S. The molecule has 1 aliphatic heterocycles. The molecule has 0 unspecified atom stereocenters. The molecule has 2 aromatic rings. The molecular weight excluding hydrogens is 568 g/mol. The van der Waals surface area contributed by atoms with E-state index in [1.165, 1.54) is 32.4 Å². The third-order valence-corrected chi connectivity index (χ3v) is 6.45. The number of amides is 1. The number of benzene rings is 1. The lowest BCUT2D eigenvalue weighted by Gasteiger charge is -2.45. The summed E-state index contributed by atoms with van der Waals surface area (Å²) in [7, 11) is 0. The minimum atomic E-state index is -1.24. The van der Waals surface area contributed by atoms with Gasteiger partial charge in [-0.2, -0.15) is 5.10 Å². The Hall–Kier alpha value is -3.49. The van der Waals surface area contributed by atoms with Crippen LogP contribution in [0, 0.1) is 4.77 Å². The molecule has 218 valence electrons. The van der Waals surface area contributed by atoms with Gasteiger partial charge in [0.2, 0.25) is 5.91 Å². The number of carbonyl (C=O) groups is 4. The van der Waals surface area contributed by atoms with Gasteiger partial charge in [0.15, 0.2) is 29.0 Å². The van der Waals surface area contributed by atoms with Gasteiger partial charge in [0.25, 0.3) is 0 Å². The monoisotopic (exact) mass is 598 g/mol. The summed E-state index contributed by atoms with van der Waals surface area (Å²) in [6.45, 7) is 6.79. The first-order chi connectivity index (χ1) is 18.9. The fourth-order valence-corrected chi connectivity index (χ4v) is 4.75. The predicted octanol–water partition coefficient (Wildman–Crippen LogP) is 2.49.